The van der Waals surface area contributed by atoms with Gasteiger partial charge in [-0.25, -0.2) is 0 Å². The van der Waals surface area contributed by atoms with Crippen molar-refractivity contribution in [3.05, 3.63) is 36.5 Å². The molecule has 0 saturated carbocycles. The zero-order valence-corrected chi connectivity index (χ0v) is 61.9. The van der Waals surface area contributed by atoms with Crippen molar-refractivity contribution in [2.24, 2.45) is 0 Å². The third-order valence-electron chi connectivity index (χ3n) is 19.7. The molecule has 0 aliphatic carbocycles. The minimum Gasteiger partial charge on any atom is -0.466 e. The van der Waals surface area contributed by atoms with E-state index in [1.807, 2.05) is 0 Å². The van der Waals surface area contributed by atoms with Crippen molar-refractivity contribution in [2.75, 3.05) is 13.2 Å². The number of hydrogen-bond donors (Lipinski definition) is 3. The van der Waals surface area contributed by atoms with Gasteiger partial charge in [-0.05, 0) is 83.5 Å². The molecular weight excluding hydrogens is 1110 g/mol. The number of carbonyl (C=O) groups excluding carboxylic acids is 2. The number of esters is 1. The van der Waals surface area contributed by atoms with Crippen molar-refractivity contribution in [1.82, 2.24) is 5.32 Å². The highest BCUT2D eigenvalue weighted by atomic mass is 16.5. The first-order valence-corrected chi connectivity index (χ1v) is 41.7. The van der Waals surface area contributed by atoms with Crippen molar-refractivity contribution in [1.29, 1.82) is 0 Å². The molecule has 0 spiro atoms. The van der Waals surface area contributed by atoms with Crippen LogP contribution in [0.3, 0.4) is 0 Å². The second-order valence-electron chi connectivity index (χ2n) is 28.8. The Balaban J connectivity index is 3.35. The minimum absolute atomic E-state index is 0.00695. The highest BCUT2D eigenvalue weighted by molar-refractivity contribution is 5.76. The molecule has 0 saturated heterocycles. The van der Waals surface area contributed by atoms with Gasteiger partial charge < -0.3 is 20.3 Å². The third kappa shape index (κ3) is 77.0. The molecule has 91 heavy (non-hydrogen) atoms. The summed E-state index contributed by atoms with van der Waals surface area (Å²) in [5, 5.41) is 23.5. The van der Waals surface area contributed by atoms with Crippen LogP contribution in [0.1, 0.15) is 470 Å². The van der Waals surface area contributed by atoms with Crippen molar-refractivity contribution in [3.63, 3.8) is 0 Å². The SMILES string of the molecule is CCCCC/C=C\C/C=C\CCCCCCCC(=O)OCCCCCCCCCCCCCCCC/C=C\CCCCCCCCCCCCCCCCCCCC(=O)NC(CO)C(O)CCCCCCCCCCCCCCCCCCCCCCCCCC. The number of hydrogen-bond acceptors (Lipinski definition) is 5. The minimum atomic E-state index is -0.664. The molecule has 0 radical (unpaired) electrons. The molecule has 1 amide bonds. The van der Waals surface area contributed by atoms with Gasteiger partial charge >= 0.3 is 5.97 Å². The highest BCUT2D eigenvalue weighted by Gasteiger charge is 2.20. The van der Waals surface area contributed by atoms with Crippen LogP contribution in [0, 0.1) is 0 Å². The fourth-order valence-electron chi connectivity index (χ4n) is 13.3. The number of aliphatic hydroxyl groups excluding tert-OH is 2. The topological polar surface area (TPSA) is 95.9 Å². The maximum atomic E-state index is 12.6. The van der Waals surface area contributed by atoms with Crippen molar-refractivity contribution in [2.45, 2.75) is 482 Å². The van der Waals surface area contributed by atoms with E-state index < -0.39 is 12.1 Å². The van der Waals surface area contributed by atoms with Crippen LogP contribution in [0.4, 0.5) is 0 Å². The van der Waals surface area contributed by atoms with Gasteiger partial charge in [0.1, 0.15) is 0 Å². The summed E-state index contributed by atoms with van der Waals surface area (Å²) in [6.45, 7) is 4.97. The molecule has 0 aliphatic heterocycles. The summed E-state index contributed by atoms with van der Waals surface area (Å²) in [7, 11) is 0. The maximum Gasteiger partial charge on any atom is 0.305 e. The first-order valence-electron chi connectivity index (χ1n) is 41.7. The highest BCUT2D eigenvalue weighted by Crippen LogP contribution is 2.20. The van der Waals surface area contributed by atoms with E-state index >= 15 is 0 Å². The number of aliphatic hydroxyl groups is 2. The monoisotopic (exact) mass is 1280 g/mol. The quantitative estimate of drug-likeness (QED) is 0.0320. The van der Waals surface area contributed by atoms with Gasteiger partial charge in [0.2, 0.25) is 5.91 Å². The lowest BCUT2D eigenvalue weighted by Crippen LogP contribution is -2.45. The average Bonchev–Trinajstić information content (AvgIpc) is 3.75. The first-order chi connectivity index (χ1) is 45.0. The largest absolute Gasteiger partial charge is 0.466 e. The Bertz CT molecular complexity index is 1470. The molecule has 538 valence electrons. The average molecular weight is 1280 g/mol. The molecule has 0 heterocycles. The molecule has 2 unspecified atom stereocenters. The molecule has 0 aromatic carbocycles. The predicted molar refractivity (Wildman–Crippen MR) is 403 cm³/mol. The molecule has 6 nitrogen and oxygen atoms in total. The molecule has 0 bridgehead atoms. The van der Waals surface area contributed by atoms with Gasteiger partial charge in [0.25, 0.3) is 0 Å². The molecule has 0 fully saturated rings. The zero-order chi connectivity index (χ0) is 65.6. The summed E-state index contributed by atoms with van der Waals surface area (Å²) >= 11 is 0. The van der Waals surface area contributed by atoms with Crippen molar-refractivity contribution >= 4 is 11.9 Å². The van der Waals surface area contributed by atoms with E-state index in [2.05, 4.69) is 55.6 Å². The number of rotatable bonds is 79. The summed E-state index contributed by atoms with van der Waals surface area (Å²) in [6.07, 6.45) is 105. The number of ether oxygens (including phenoxy) is 1. The normalized spacial score (nSPS) is 12.6. The van der Waals surface area contributed by atoms with Crippen LogP contribution < -0.4 is 5.32 Å². The van der Waals surface area contributed by atoms with Crippen LogP contribution in [0.25, 0.3) is 0 Å². The fraction of sp³-hybridized carbons (Fsp3) is 0.906. The van der Waals surface area contributed by atoms with Gasteiger partial charge in [-0.1, -0.05) is 410 Å². The van der Waals surface area contributed by atoms with E-state index in [0.29, 0.717) is 25.9 Å². The molecule has 6 heteroatoms. The number of amides is 1. The lowest BCUT2D eigenvalue weighted by atomic mass is 10.0. The molecule has 0 aromatic rings. The van der Waals surface area contributed by atoms with Crippen LogP contribution in [-0.2, 0) is 14.3 Å². The van der Waals surface area contributed by atoms with Gasteiger partial charge in [-0.3, -0.25) is 9.59 Å². The van der Waals surface area contributed by atoms with Gasteiger partial charge in [0.15, 0.2) is 0 Å². The lowest BCUT2D eigenvalue weighted by Gasteiger charge is -2.22. The van der Waals surface area contributed by atoms with Gasteiger partial charge in [-0.2, -0.15) is 0 Å². The Kier molecular flexibility index (Phi) is 78.8. The van der Waals surface area contributed by atoms with Crippen LogP contribution in [0.15, 0.2) is 36.5 Å². The predicted octanol–water partition coefficient (Wildman–Crippen LogP) is 27.8. The Labute approximate surface area is 570 Å². The van der Waals surface area contributed by atoms with E-state index in [-0.39, 0.29) is 18.5 Å². The second-order valence-corrected chi connectivity index (χ2v) is 28.8. The van der Waals surface area contributed by atoms with Crippen molar-refractivity contribution in [3.8, 4) is 0 Å². The Hall–Kier alpha value is -1.92. The fourth-order valence-corrected chi connectivity index (χ4v) is 13.3. The molecule has 3 N–H and O–H groups in total. The molecule has 2 atom stereocenters. The summed E-state index contributed by atoms with van der Waals surface area (Å²) in [4.78, 5) is 24.7. The molecule has 0 rings (SSSR count). The van der Waals surface area contributed by atoms with Crippen LogP contribution >= 0.6 is 0 Å². The number of unbranched alkanes of at least 4 members (excludes halogenated alkanes) is 62. The van der Waals surface area contributed by atoms with Crippen molar-refractivity contribution < 1.29 is 24.5 Å². The molecule has 0 aromatic heterocycles. The van der Waals surface area contributed by atoms with E-state index in [9.17, 15) is 19.8 Å². The Morgan fingerprint density at radius 3 is 0.868 bits per heavy atom. The molecule has 0 aliphatic rings. The standard InChI is InChI=1S/C85H163NO5/c1-3-5-7-9-11-13-15-17-19-20-21-22-23-37-40-43-46-50-53-57-61-65-69-73-77-83(88)82(81-87)86-84(89)78-74-70-66-62-58-54-51-47-44-41-38-35-33-31-29-27-25-24-26-28-30-32-34-36-39-42-45-48-52-56-60-64-68-72-76-80-91-85(90)79-75-71-67-63-59-55-49-18-16-14-12-10-8-6-4-2/h12,14,18,26,28,49,82-83,87-88H,3-11,13,15-17,19-25,27,29-48,50-81H2,1-2H3,(H,86,89)/b14-12-,28-26-,49-18-. The maximum absolute atomic E-state index is 12.6. The molecular formula is C85H163NO5. The summed E-state index contributed by atoms with van der Waals surface area (Å²) in [5.74, 6) is -0.0187. The van der Waals surface area contributed by atoms with Crippen LogP contribution in [0.2, 0.25) is 0 Å². The summed E-state index contributed by atoms with van der Waals surface area (Å²) in [6, 6.07) is -0.540. The zero-order valence-electron chi connectivity index (χ0n) is 61.9. The van der Waals surface area contributed by atoms with E-state index in [0.717, 1.165) is 51.4 Å². The smallest absolute Gasteiger partial charge is 0.305 e. The number of carbonyl (C=O) groups is 2. The Morgan fingerprint density at radius 2 is 0.549 bits per heavy atom. The van der Waals surface area contributed by atoms with E-state index in [1.54, 1.807) is 0 Å². The van der Waals surface area contributed by atoms with E-state index in [4.69, 9.17) is 4.74 Å². The Morgan fingerprint density at radius 1 is 0.308 bits per heavy atom. The van der Waals surface area contributed by atoms with Gasteiger partial charge in [0, 0.05) is 12.8 Å². The lowest BCUT2D eigenvalue weighted by molar-refractivity contribution is -0.143. The number of nitrogens with one attached hydrogen (secondary N) is 1. The summed E-state index contributed by atoms with van der Waals surface area (Å²) in [5.41, 5.74) is 0. The van der Waals surface area contributed by atoms with Crippen LogP contribution in [0.5, 0.6) is 0 Å². The summed E-state index contributed by atoms with van der Waals surface area (Å²) < 4.78 is 5.49. The van der Waals surface area contributed by atoms with Crippen LogP contribution in [-0.4, -0.2) is 47.4 Å². The second kappa shape index (κ2) is 80.5. The number of allylic oxidation sites excluding steroid dienone is 6. The van der Waals surface area contributed by atoms with Gasteiger partial charge in [0.05, 0.1) is 25.4 Å². The van der Waals surface area contributed by atoms with E-state index in [1.165, 1.54) is 385 Å². The third-order valence-corrected chi connectivity index (χ3v) is 19.7. The van der Waals surface area contributed by atoms with Gasteiger partial charge in [-0.15, -0.1) is 0 Å². The first kappa shape index (κ1) is 89.1.